The van der Waals surface area contributed by atoms with Crippen molar-refractivity contribution >= 4 is 28.1 Å². The molecule has 1 aromatic carbocycles. The minimum atomic E-state index is -3.70. The summed E-state index contributed by atoms with van der Waals surface area (Å²) < 4.78 is 26.6. The van der Waals surface area contributed by atoms with E-state index in [4.69, 9.17) is 5.73 Å². The molecule has 1 fully saturated rings. The zero-order valence-electron chi connectivity index (χ0n) is 12.3. The van der Waals surface area contributed by atoms with Crippen LogP contribution in [-0.4, -0.2) is 37.3 Å². The van der Waals surface area contributed by atoms with E-state index in [9.17, 15) is 18.5 Å². The number of benzene rings is 1. The number of piperidine rings is 1. The van der Waals surface area contributed by atoms with Gasteiger partial charge in [0.05, 0.1) is 9.82 Å². The van der Waals surface area contributed by atoms with Gasteiger partial charge in [-0.2, -0.15) is 4.31 Å². The van der Waals surface area contributed by atoms with Gasteiger partial charge in [0.15, 0.2) is 0 Å². The van der Waals surface area contributed by atoms with Crippen LogP contribution in [0.5, 0.6) is 0 Å². The third-order valence-corrected chi connectivity index (χ3v) is 5.69. The Morgan fingerprint density at radius 1 is 1.45 bits per heavy atom. The lowest BCUT2D eigenvalue weighted by molar-refractivity contribution is -0.385. The highest BCUT2D eigenvalue weighted by atomic mass is 35.5. The molecule has 0 aliphatic carbocycles. The smallest absolute Gasteiger partial charge is 0.273 e. The fourth-order valence-electron chi connectivity index (χ4n) is 2.53. The maximum Gasteiger partial charge on any atom is 0.273 e. The second-order valence-corrected chi connectivity index (χ2v) is 7.25. The normalized spacial score (nSPS) is 19.5. The molecule has 1 aromatic rings. The fraction of sp³-hybridized carbons (Fsp3) is 0.538. The van der Waals surface area contributed by atoms with Gasteiger partial charge in [-0.25, -0.2) is 8.42 Å². The Hall–Kier alpha value is -1.22. The van der Waals surface area contributed by atoms with Crippen LogP contribution in [0.3, 0.4) is 0 Å². The standard InChI is InChI=1S/C13H19N3O4S.ClH/c1-10-4-5-12(7-13(10)16(17)18)21(19,20)15-6-2-3-11(8-14)9-15;/h4-5,7,11H,2-3,6,8-9,14H2,1H3;1H. The Morgan fingerprint density at radius 3 is 2.73 bits per heavy atom. The van der Waals surface area contributed by atoms with Crippen molar-refractivity contribution in [3.05, 3.63) is 33.9 Å². The molecule has 0 radical (unpaired) electrons. The van der Waals surface area contributed by atoms with Crippen LogP contribution in [0.15, 0.2) is 23.1 Å². The Labute approximate surface area is 136 Å². The molecule has 1 aliphatic heterocycles. The molecule has 9 heteroatoms. The molecular formula is C13H20ClN3O4S. The topological polar surface area (TPSA) is 107 Å². The molecule has 1 heterocycles. The van der Waals surface area contributed by atoms with E-state index in [1.807, 2.05) is 0 Å². The molecule has 0 aromatic heterocycles. The minimum absolute atomic E-state index is 0. The molecule has 2 N–H and O–H groups in total. The van der Waals surface area contributed by atoms with E-state index in [2.05, 4.69) is 0 Å². The lowest BCUT2D eigenvalue weighted by Crippen LogP contribution is -2.41. The van der Waals surface area contributed by atoms with E-state index in [0.29, 0.717) is 25.2 Å². The quantitative estimate of drug-likeness (QED) is 0.657. The Morgan fingerprint density at radius 2 is 2.14 bits per heavy atom. The maximum atomic E-state index is 12.6. The summed E-state index contributed by atoms with van der Waals surface area (Å²) in [4.78, 5) is 10.4. The van der Waals surface area contributed by atoms with E-state index >= 15 is 0 Å². The molecule has 0 spiro atoms. The van der Waals surface area contributed by atoms with Crippen LogP contribution in [0, 0.1) is 23.0 Å². The molecule has 0 amide bonds. The molecule has 2 rings (SSSR count). The number of halogens is 1. The van der Waals surface area contributed by atoms with Crippen LogP contribution in [0.25, 0.3) is 0 Å². The van der Waals surface area contributed by atoms with Crippen molar-refractivity contribution in [2.24, 2.45) is 11.7 Å². The van der Waals surface area contributed by atoms with Crippen LogP contribution in [0.1, 0.15) is 18.4 Å². The molecule has 1 atom stereocenters. The molecule has 0 bridgehead atoms. The average molecular weight is 350 g/mol. The minimum Gasteiger partial charge on any atom is -0.330 e. The molecule has 7 nitrogen and oxygen atoms in total. The first-order valence-corrected chi connectivity index (χ1v) is 8.25. The third kappa shape index (κ3) is 3.75. The van der Waals surface area contributed by atoms with Gasteiger partial charge in [-0.1, -0.05) is 6.07 Å². The molecule has 124 valence electrons. The predicted molar refractivity (Wildman–Crippen MR) is 85.6 cm³/mol. The Bertz CT molecular complexity index is 651. The summed E-state index contributed by atoms with van der Waals surface area (Å²) in [5.74, 6) is 0.147. The summed E-state index contributed by atoms with van der Waals surface area (Å²) in [6.07, 6.45) is 1.67. The van der Waals surface area contributed by atoms with Gasteiger partial charge in [0.2, 0.25) is 10.0 Å². The Balaban J connectivity index is 0.00000242. The van der Waals surface area contributed by atoms with E-state index in [1.54, 1.807) is 6.92 Å². The number of hydrogen-bond acceptors (Lipinski definition) is 5. The van der Waals surface area contributed by atoms with Gasteiger partial charge in [0, 0.05) is 24.7 Å². The third-order valence-electron chi connectivity index (χ3n) is 3.83. The number of aryl methyl sites for hydroxylation is 1. The van der Waals surface area contributed by atoms with Crippen molar-refractivity contribution in [2.45, 2.75) is 24.7 Å². The average Bonchev–Trinajstić information content (AvgIpc) is 2.47. The first-order valence-electron chi connectivity index (χ1n) is 6.81. The van der Waals surface area contributed by atoms with Crippen LogP contribution < -0.4 is 5.73 Å². The molecule has 0 saturated carbocycles. The number of nitrogens with two attached hydrogens (primary N) is 1. The largest absolute Gasteiger partial charge is 0.330 e. The van der Waals surface area contributed by atoms with Gasteiger partial charge in [0.1, 0.15) is 0 Å². The lowest BCUT2D eigenvalue weighted by atomic mass is 10.0. The number of rotatable bonds is 4. The summed E-state index contributed by atoms with van der Waals surface area (Å²) in [5, 5.41) is 11.0. The van der Waals surface area contributed by atoms with Crippen molar-refractivity contribution < 1.29 is 13.3 Å². The summed E-state index contributed by atoms with van der Waals surface area (Å²) in [7, 11) is -3.70. The molecule has 22 heavy (non-hydrogen) atoms. The summed E-state index contributed by atoms with van der Waals surface area (Å²) in [5.41, 5.74) is 5.89. The first kappa shape index (κ1) is 18.8. The fourth-order valence-corrected chi connectivity index (χ4v) is 4.11. The van der Waals surface area contributed by atoms with Crippen molar-refractivity contribution in [3.63, 3.8) is 0 Å². The second-order valence-electron chi connectivity index (χ2n) is 5.31. The highest BCUT2D eigenvalue weighted by Crippen LogP contribution is 2.27. The van der Waals surface area contributed by atoms with Gasteiger partial charge in [-0.15, -0.1) is 12.4 Å². The van der Waals surface area contributed by atoms with E-state index in [-0.39, 0.29) is 28.9 Å². The number of nitro groups is 1. The monoisotopic (exact) mass is 349 g/mol. The highest BCUT2D eigenvalue weighted by molar-refractivity contribution is 7.89. The summed E-state index contributed by atoms with van der Waals surface area (Å²) in [6.45, 7) is 2.83. The highest BCUT2D eigenvalue weighted by Gasteiger charge is 2.30. The maximum absolute atomic E-state index is 12.6. The SMILES string of the molecule is Cc1ccc(S(=O)(=O)N2CCCC(CN)C2)cc1[N+](=O)[O-].Cl. The number of nitrogens with zero attached hydrogens (tertiary/aromatic N) is 2. The predicted octanol–water partition coefficient (Wildman–Crippen LogP) is 1.68. The molecule has 1 saturated heterocycles. The Kier molecular flexibility index (Phi) is 6.30. The van der Waals surface area contributed by atoms with Crippen LogP contribution >= 0.6 is 12.4 Å². The van der Waals surface area contributed by atoms with Gasteiger partial charge in [0.25, 0.3) is 5.69 Å². The number of nitro benzene ring substituents is 1. The van der Waals surface area contributed by atoms with Gasteiger partial charge >= 0.3 is 0 Å². The molecule has 1 unspecified atom stereocenters. The lowest BCUT2D eigenvalue weighted by Gasteiger charge is -2.31. The zero-order valence-corrected chi connectivity index (χ0v) is 13.9. The van der Waals surface area contributed by atoms with Crippen molar-refractivity contribution in [2.75, 3.05) is 19.6 Å². The summed E-state index contributed by atoms with van der Waals surface area (Å²) >= 11 is 0. The van der Waals surface area contributed by atoms with Gasteiger partial charge in [-0.3, -0.25) is 10.1 Å². The van der Waals surface area contributed by atoms with Crippen LogP contribution in [-0.2, 0) is 10.0 Å². The van der Waals surface area contributed by atoms with E-state index < -0.39 is 14.9 Å². The van der Waals surface area contributed by atoms with Crippen LogP contribution in [0.2, 0.25) is 0 Å². The van der Waals surface area contributed by atoms with Crippen LogP contribution in [0.4, 0.5) is 5.69 Å². The van der Waals surface area contributed by atoms with E-state index in [0.717, 1.165) is 18.9 Å². The zero-order chi connectivity index (χ0) is 15.6. The van der Waals surface area contributed by atoms with Crippen molar-refractivity contribution in [1.82, 2.24) is 4.31 Å². The van der Waals surface area contributed by atoms with Gasteiger partial charge < -0.3 is 5.73 Å². The molecule has 1 aliphatic rings. The molecular weight excluding hydrogens is 330 g/mol. The summed E-state index contributed by atoms with van der Waals surface area (Å²) in [6, 6.07) is 4.02. The number of sulfonamides is 1. The van der Waals surface area contributed by atoms with E-state index in [1.165, 1.54) is 16.4 Å². The van der Waals surface area contributed by atoms with Crippen molar-refractivity contribution in [3.8, 4) is 0 Å². The number of hydrogen-bond donors (Lipinski definition) is 1. The second kappa shape index (κ2) is 7.36. The van der Waals surface area contributed by atoms with Gasteiger partial charge in [-0.05, 0) is 38.3 Å². The van der Waals surface area contributed by atoms with Crippen molar-refractivity contribution in [1.29, 1.82) is 0 Å². The first-order chi connectivity index (χ1) is 9.86.